The van der Waals surface area contributed by atoms with Crippen molar-refractivity contribution < 1.29 is 19.4 Å². The van der Waals surface area contributed by atoms with Crippen LogP contribution < -0.4 is 5.32 Å². The second-order valence-corrected chi connectivity index (χ2v) is 15.7. The van der Waals surface area contributed by atoms with Crippen LogP contribution in [0.2, 0.25) is 0 Å². The molecule has 5 nitrogen and oxygen atoms in total. The highest BCUT2D eigenvalue weighted by molar-refractivity contribution is 5.66. The molecule has 3 aliphatic heterocycles. The van der Waals surface area contributed by atoms with Gasteiger partial charge >= 0.3 is 5.97 Å². The first kappa shape index (κ1) is 25.3. The van der Waals surface area contributed by atoms with Gasteiger partial charge in [0.25, 0.3) is 0 Å². The van der Waals surface area contributed by atoms with Crippen molar-refractivity contribution in [2.45, 2.75) is 142 Å². The van der Waals surface area contributed by atoms with E-state index in [0.29, 0.717) is 28.2 Å². The van der Waals surface area contributed by atoms with Gasteiger partial charge in [-0.2, -0.15) is 0 Å². The largest absolute Gasteiger partial charge is 0.462 e. The lowest BCUT2D eigenvalue weighted by Gasteiger charge is -2.76. The van der Waals surface area contributed by atoms with Crippen LogP contribution in [0.4, 0.5) is 0 Å². The van der Waals surface area contributed by atoms with E-state index >= 15 is 0 Å². The summed E-state index contributed by atoms with van der Waals surface area (Å²) in [6.45, 7) is 13.5. The van der Waals surface area contributed by atoms with E-state index < -0.39 is 11.7 Å². The smallest absolute Gasteiger partial charge is 0.302 e. The predicted molar refractivity (Wildman–Crippen MR) is 142 cm³/mol. The van der Waals surface area contributed by atoms with E-state index in [9.17, 15) is 9.90 Å². The third-order valence-corrected chi connectivity index (χ3v) is 14.6. The van der Waals surface area contributed by atoms with Crippen LogP contribution in [0.15, 0.2) is 0 Å². The number of aliphatic hydroxyl groups excluding tert-OH is 1. The number of rotatable bonds is 5. The fraction of sp³-hybridized carbons (Fsp3) is 0.969. The van der Waals surface area contributed by atoms with Gasteiger partial charge in [-0.25, -0.2) is 0 Å². The zero-order chi connectivity index (χ0) is 26.2. The van der Waals surface area contributed by atoms with Crippen LogP contribution in [0, 0.1) is 51.2 Å². The quantitative estimate of drug-likeness (QED) is 0.453. The van der Waals surface area contributed by atoms with Crippen LogP contribution in [-0.2, 0) is 14.3 Å². The first-order valence-corrected chi connectivity index (χ1v) is 15.7. The summed E-state index contributed by atoms with van der Waals surface area (Å²) >= 11 is 0. The number of hydrogen-bond donors (Lipinski definition) is 2. The minimum Gasteiger partial charge on any atom is -0.462 e. The molecular formula is C32H51NO4. The van der Waals surface area contributed by atoms with Gasteiger partial charge in [0.2, 0.25) is 0 Å². The first-order chi connectivity index (χ1) is 17.4. The maximum atomic E-state index is 12.1. The lowest BCUT2D eigenvalue weighted by molar-refractivity contribution is -0.249. The normalized spacial score (nSPS) is 59.1. The Morgan fingerprint density at radius 2 is 1.84 bits per heavy atom. The van der Waals surface area contributed by atoms with Crippen molar-refractivity contribution in [3.8, 4) is 0 Å². The lowest BCUT2D eigenvalue weighted by Crippen LogP contribution is -2.80. The summed E-state index contributed by atoms with van der Waals surface area (Å²) in [5, 5.41) is 15.7. The molecule has 5 saturated carbocycles. The topological polar surface area (TPSA) is 67.8 Å². The Kier molecular flexibility index (Phi) is 5.31. The molecule has 37 heavy (non-hydrogen) atoms. The van der Waals surface area contributed by atoms with Crippen molar-refractivity contribution in [2.24, 2.45) is 51.2 Å². The number of nitrogens with one attached hydrogen (secondary N) is 1. The van der Waals surface area contributed by atoms with Crippen LogP contribution in [0.3, 0.4) is 0 Å². The SMILES string of the molecule is CC(=O)O[C@H]1CCC2(C)O[C@@H](O)[C@@]1(C)C2CCC12C3NC4C(CC[C@@]45CCC[C@@H]15)[C@]2(C)CCC3C(C)C. The molecule has 0 radical (unpaired) electrons. The number of carbonyl (C=O) groups excluding carboxylic acids is 1. The number of fused-ring (bicyclic) bond motifs is 2. The van der Waals surface area contributed by atoms with Crippen LogP contribution in [-0.4, -0.2) is 41.2 Å². The fourth-order valence-corrected chi connectivity index (χ4v) is 13.2. The summed E-state index contributed by atoms with van der Waals surface area (Å²) in [7, 11) is 0. The fourth-order valence-electron chi connectivity index (χ4n) is 13.2. The van der Waals surface area contributed by atoms with Crippen molar-refractivity contribution in [1.82, 2.24) is 5.32 Å². The van der Waals surface area contributed by atoms with Crippen LogP contribution in [0.5, 0.6) is 0 Å². The summed E-state index contributed by atoms with van der Waals surface area (Å²) in [4.78, 5) is 12.1. The molecule has 0 aromatic carbocycles. The van der Waals surface area contributed by atoms with Gasteiger partial charge in [-0.1, -0.05) is 34.1 Å². The molecule has 5 heteroatoms. The Morgan fingerprint density at radius 1 is 1.05 bits per heavy atom. The summed E-state index contributed by atoms with van der Waals surface area (Å²) in [5.41, 5.74) is 0.348. The lowest BCUT2D eigenvalue weighted by atomic mass is 9.33. The van der Waals surface area contributed by atoms with Crippen LogP contribution in [0.25, 0.3) is 0 Å². The number of hydrogen-bond acceptors (Lipinski definition) is 5. The Labute approximate surface area is 224 Å². The maximum Gasteiger partial charge on any atom is 0.302 e. The van der Waals surface area contributed by atoms with Gasteiger partial charge in [0.05, 0.1) is 11.0 Å². The molecule has 208 valence electrons. The van der Waals surface area contributed by atoms with Gasteiger partial charge in [-0.05, 0) is 111 Å². The molecule has 8 aliphatic rings. The third kappa shape index (κ3) is 2.81. The van der Waals surface area contributed by atoms with E-state index in [1.165, 1.54) is 58.3 Å². The van der Waals surface area contributed by atoms with Gasteiger partial charge in [0.15, 0.2) is 6.29 Å². The summed E-state index contributed by atoms with van der Waals surface area (Å²) < 4.78 is 12.3. The third-order valence-electron chi connectivity index (χ3n) is 14.6. The summed E-state index contributed by atoms with van der Waals surface area (Å²) in [6, 6.07) is 1.34. The van der Waals surface area contributed by atoms with Crippen LogP contribution >= 0.6 is 0 Å². The number of carbonyl (C=O) groups is 1. The molecule has 2 N–H and O–H groups in total. The average Bonchev–Trinajstić information content (AvgIpc) is 3.44. The van der Waals surface area contributed by atoms with E-state index in [1.54, 1.807) is 0 Å². The second-order valence-electron chi connectivity index (χ2n) is 15.7. The molecule has 0 aromatic rings. The molecule has 1 spiro atoms. The van der Waals surface area contributed by atoms with Crippen molar-refractivity contribution >= 4 is 5.97 Å². The molecule has 5 aliphatic carbocycles. The first-order valence-electron chi connectivity index (χ1n) is 15.7. The van der Waals surface area contributed by atoms with E-state index in [1.807, 2.05) is 0 Å². The predicted octanol–water partition coefficient (Wildman–Crippen LogP) is 5.83. The van der Waals surface area contributed by atoms with Gasteiger partial charge < -0.3 is 19.9 Å². The standard InChI is InChI=1S/C32H51NO4/c1-18(2)20-9-14-28(4)21-10-16-31-13-7-8-23(31)32(28,25(20)33-26(21)31)17-11-22-29(5)15-12-24(36-19(3)34)30(22,6)27(35)37-29/h18,20-27,33,35H,7-17H2,1-6H3/t20?,21?,22?,23-,24+,25?,26?,27-,28+,29?,30+,31-,32?/m1/s1. The molecule has 0 amide bonds. The zero-order valence-corrected chi connectivity index (χ0v) is 24.1. The Balaban J connectivity index is 1.30. The average molecular weight is 514 g/mol. The maximum absolute atomic E-state index is 12.1. The molecule has 8 bridgehead atoms. The molecule has 8 fully saturated rings. The van der Waals surface area contributed by atoms with Crippen LogP contribution in [0.1, 0.15) is 112 Å². The molecule has 3 saturated heterocycles. The second kappa shape index (κ2) is 7.75. The number of aliphatic hydroxyl groups is 1. The minimum atomic E-state index is -0.875. The number of piperidine rings is 2. The molecular weight excluding hydrogens is 462 g/mol. The molecule has 3 heterocycles. The van der Waals surface area contributed by atoms with Crippen molar-refractivity contribution in [3.63, 3.8) is 0 Å². The van der Waals surface area contributed by atoms with Gasteiger partial charge in [-0.15, -0.1) is 0 Å². The molecule has 13 atom stereocenters. The zero-order valence-electron chi connectivity index (χ0n) is 24.1. The van der Waals surface area contributed by atoms with E-state index in [4.69, 9.17) is 9.47 Å². The molecule has 8 rings (SSSR count). The van der Waals surface area contributed by atoms with Crippen molar-refractivity contribution in [2.75, 3.05) is 0 Å². The van der Waals surface area contributed by atoms with Crippen molar-refractivity contribution in [1.29, 1.82) is 0 Å². The molecule has 7 unspecified atom stereocenters. The van der Waals surface area contributed by atoms with Crippen molar-refractivity contribution in [3.05, 3.63) is 0 Å². The number of ether oxygens (including phenoxy) is 2. The molecule has 0 aromatic heterocycles. The van der Waals surface area contributed by atoms with Gasteiger partial charge in [-0.3, -0.25) is 4.79 Å². The summed E-state index contributed by atoms with van der Waals surface area (Å²) in [5.74, 6) is 3.05. The highest BCUT2D eigenvalue weighted by atomic mass is 16.6. The van der Waals surface area contributed by atoms with E-state index in [0.717, 1.165) is 43.1 Å². The summed E-state index contributed by atoms with van der Waals surface area (Å²) in [6.07, 6.45) is 12.6. The number of esters is 1. The van der Waals surface area contributed by atoms with E-state index in [2.05, 4.69) is 39.9 Å². The van der Waals surface area contributed by atoms with E-state index in [-0.39, 0.29) is 23.6 Å². The highest BCUT2D eigenvalue weighted by Gasteiger charge is 2.80. The minimum absolute atomic E-state index is 0.193. The monoisotopic (exact) mass is 513 g/mol. The Morgan fingerprint density at radius 3 is 2.57 bits per heavy atom. The van der Waals surface area contributed by atoms with Gasteiger partial charge in [0.1, 0.15) is 6.10 Å². The highest BCUT2D eigenvalue weighted by Crippen LogP contribution is 2.81. The Hall–Kier alpha value is -0.650. The Bertz CT molecular complexity index is 984. The van der Waals surface area contributed by atoms with Gasteiger partial charge in [0, 0.05) is 24.9 Å².